The summed E-state index contributed by atoms with van der Waals surface area (Å²) in [6.45, 7) is 4.26. The summed E-state index contributed by atoms with van der Waals surface area (Å²) in [7, 11) is 0. The fourth-order valence-corrected chi connectivity index (χ4v) is 3.09. The van der Waals surface area contributed by atoms with Crippen LogP contribution in [0.3, 0.4) is 0 Å². The number of aromatic amines is 1. The van der Waals surface area contributed by atoms with Crippen molar-refractivity contribution in [3.8, 4) is 5.75 Å². The molecule has 25 heavy (non-hydrogen) atoms. The number of ether oxygens (including phenoxy) is 3. The number of carbonyl (C=O) groups is 1. The molecular weight excluding hydrogens is 320 g/mol. The highest BCUT2D eigenvalue weighted by Gasteiger charge is 2.15. The van der Waals surface area contributed by atoms with E-state index in [-0.39, 0.29) is 12.2 Å². The Labute approximate surface area is 147 Å². The molecule has 1 amide bonds. The predicted molar refractivity (Wildman–Crippen MR) is 95.7 cm³/mol. The number of aromatic nitrogens is 1. The second-order valence-corrected chi connectivity index (χ2v) is 6.12. The van der Waals surface area contributed by atoms with Crippen molar-refractivity contribution in [2.45, 2.75) is 38.9 Å². The van der Waals surface area contributed by atoms with Crippen molar-refractivity contribution >= 4 is 16.8 Å². The first kappa shape index (κ1) is 17.8. The minimum absolute atomic E-state index is 0.0274. The second kappa shape index (κ2) is 8.87. The van der Waals surface area contributed by atoms with E-state index in [9.17, 15) is 4.79 Å². The first-order valence-electron chi connectivity index (χ1n) is 8.99. The number of fused-ring (bicyclic) bond motifs is 1. The lowest BCUT2D eigenvalue weighted by Gasteiger charge is -2.22. The molecule has 6 heteroatoms. The molecule has 0 radical (unpaired) electrons. The lowest BCUT2D eigenvalue weighted by Crippen LogP contribution is -2.31. The maximum absolute atomic E-state index is 12.2. The van der Waals surface area contributed by atoms with Crippen molar-refractivity contribution in [2.75, 3.05) is 26.4 Å². The number of carbonyl (C=O) groups excluding carboxylic acids is 1. The van der Waals surface area contributed by atoms with Crippen molar-refractivity contribution in [3.63, 3.8) is 0 Å². The third kappa shape index (κ3) is 4.74. The van der Waals surface area contributed by atoms with Gasteiger partial charge in [0.05, 0.1) is 19.6 Å². The van der Waals surface area contributed by atoms with Gasteiger partial charge in [-0.2, -0.15) is 0 Å². The van der Waals surface area contributed by atoms with Crippen LogP contribution in [-0.2, 0) is 20.7 Å². The number of nitrogens with one attached hydrogen (secondary N) is 2. The predicted octanol–water partition coefficient (Wildman–Crippen LogP) is 2.77. The Bertz CT molecular complexity index is 692. The quantitative estimate of drug-likeness (QED) is 0.721. The molecule has 0 saturated carbocycles. The molecule has 0 aliphatic carbocycles. The van der Waals surface area contributed by atoms with Gasteiger partial charge in [0.2, 0.25) is 5.91 Å². The number of hydrogen-bond acceptors (Lipinski definition) is 4. The standard InChI is InChI=1S/C19H26N2O4/c1-2-23-16-7-5-6-15-19(16)14(13-21-15)12-17(22)20-9-11-25-18-8-3-4-10-24-18/h5-7,13,18,21H,2-4,8-12H2,1H3,(H,20,22)/t18-/m1/s1. The van der Waals surface area contributed by atoms with Crippen molar-refractivity contribution in [1.82, 2.24) is 10.3 Å². The van der Waals surface area contributed by atoms with Crippen LogP contribution in [0.4, 0.5) is 0 Å². The topological polar surface area (TPSA) is 72.6 Å². The second-order valence-electron chi connectivity index (χ2n) is 6.12. The SMILES string of the molecule is CCOc1cccc2[nH]cc(CC(=O)NCCO[C@@H]3CCCCO3)c12. The van der Waals surface area contributed by atoms with Gasteiger partial charge < -0.3 is 24.5 Å². The normalized spacial score (nSPS) is 17.6. The molecule has 1 fully saturated rings. The monoisotopic (exact) mass is 346 g/mol. The molecule has 1 saturated heterocycles. The van der Waals surface area contributed by atoms with Crippen LogP contribution in [-0.4, -0.2) is 43.5 Å². The van der Waals surface area contributed by atoms with Gasteiger partial charge in [-0.1, -0.05) is 6.07 Å². The van der Waals surface area contributed by atoms with E-state index in [1.54, 1.807) is 0 Å². The highest BCUT2D eigenvalue weighted by atomic mass is 16.7. The number of amides is 1. The van der Waals surface area contributed by atoms with Gasteiger partial charge >= 0.3 is 0 Å². The molecule has 1 aliphatic heterocycles. The van der Waals surface area contributed by atoms with E-state index in [0.29, 0.717) is 26.2 Å². The Hall–Kier alpha value is -2.05. The van der Waals surface area contributed by atoms with Gasteiger partial charge in [-0.3, -0.25) is 4.79 Å². The summed E-state index contributed by atoms with van der Waals surface area (Å²) in [4.78, 5) is 15.4. The zero-order valence-electron chi connectivity index (χ0n) is 14.7. The molecule has 2 aromatic rings. The van der Waals surface area contributed by atoms with E-state index in [1.807, 2.05) is 31.3 Å². The van der Waals surface area contributed by atoms with Crippen molar-refractivity contribution < 1.29 is 19.0 Å². The first-order chi connectivity index (χ1) is 12.3. The van der Waals surface area contributed by atoms with Crippen LogP contribution in [0, 0.1) is 0 Å². The maximum atomic E-state index is 12.2. The first-order valence-corrected chi connectivity index (χ1v) is 8.99. The Morgan fingerprint density at radius 2 is 2.32 bits per heavy atom. The minimum atomic E-state index is -0.118. The van der Waals surface area contributed by atoms with E-state index in [1.165, 1.54) is 0 Å². The van der Waals surface area contributed by atoms with Crippen LogP contribution in [0.25, 0.3) is 10.9 Å². The van der Waals surface area contributed by atoms with Gasteiger partial charge in [-0.15, -0.1) is 0 Å². The average Bonchev–Trinajstić information content (AvgIpc) is 3.04. The summed E-state index contributed by atoms with van der Waals surface area (Å²) in [5, 5.41) is 3.88. The smallest absolute Gasteiger partial charge is 0.224 e. The van der Waals surface area contributed by atoms with E-state index in [4.69, 9.17) is 14.2 Å². The zero-order chi connectivity index (χ0) is 17.5. The molecule has 1 aliphatic rings. The van der Waals surface area contributed by atoms with Crippen molar-refractivity contribution in [1.29, 1.82) is 0 Å². The van der Waals surface area contributed by atoms with Crippen LogP contribution in [0.2, 0.25) is 0 Å². The van der Waals surface area contributed by atoms with Gasteiger partial charge in [0.25, 0.3) is 0 Å². The average molecular weight is 346 g/mol. The molecule has 2 N–H and O–H groups in total. The van der Waals surface area contributed by atoms with Crippen molar-refractivity contribution in [2.24, 2.45) is 0 Å². The lowest BCUT2D eigenvalue weighted by atomic mass is 10.1. The molecule has 1 atom stereocenters. The summed E-state index contributed by atoms with van der Waals surface area (Å²) in [6.07, 6.45) is 5.24. The molecule has 136 valence electrons. The van der Waals surface area contributed by atoms with Crippen LogP contribution in [0.1, 0.15) is 31.7 Å². The van der Waals surface area contributed by atoms with Gasteiger partial charge in [0.15, 0.2) is 6.29 Å². The molecule has 3 rings (SSSR count). The Kier molecular flexibility index (Phi) is 6.30. The molecule has 0 bridgehead atoms. The molecule has 1 aromatic carbocycles. The maximum Gasteiger partial charge on any atom is 0.224 e. The largest absolute Gasteiger partial charge is 0.493 e. The zero-order valence-corrected chi connectivity index (χ0v) is 14.7. The fraction of sp³-hybridized carbons (Fsp3) is 0.526. The van der Waals surface area contributed by atoms with Gasteiger partial charge in [-0.25, -0.2) is 0 Å². The van der Waals surface area contributed by atoms with E-state index >= 15 is 0 Å². The lowest BCUT2D eigenvalue weighted by molar-refractivity contribution is -0.161. The Balaban J connectivity index is 1.50. The molecule has 1 aromatic heterocycles. The van der Waals surface area contributed by atoms with Gasteiger partial charge in [0, 0.05) is 30.3 Å². The summed E-state index contributed by atoms with van der Waals surface area (Å²) in [5.74, 6) is 0.780. The highest BCUT2D eigenvalue weighted by molar-refractivity contribution is 5.93. The van der Waals surface area contributed by atoms with E-state index in [0.717, 1.165) is 48.1 Å². The number of rotatable bonds is 8. The minimum Gasteiger partial charge on any atom is -0.493 e. The third-order valence-corrected chi connectivity index (χ3v) is 4.27. The van der Waals surface area contributed by atoms with Crippen LogP contribution >= 0.6 is 0 Å². The van der Waals surface area contributed by atoms with Crippen LogP contribution in [0.15, 0.2) is 24.4 Å². The number of benzene rings is 1. The number of hydrogen-bond donors (Lipinski definition) is 2. The molecule has 0 unspecified atom stereocenters. The van der Waals surface area contributed by atoms with E-state index in [2.05, 4.69) is 10.3 Å². The van der Waals surface area contributed by atoms with Crippen LogP contribution in [0.5, 0.6) is 5.75 Å². The fourth-order valence-electron chi connectivity index (χ4n) is 3.09. The highest BCUT2D eigenvalue weighted by Crippen LogP contribution is 2.29. The van der Waals surface area contributed by atoms with Crippen molar-refractivity contribution in [3.05, 3.63) is 30.0 Å². The Morgan fingerprint density at radius 1 is 1.40 bits per heavy atom. The van der Waals surface area contributed by atoms with Crippen LogP contribution < -0.4 is 10.1 Å². The van der Waals surface area contributed by atoms with Gasteiger partial charge in [-0.05, 0) is 43.9 Å². The summed E-state index contributed by atoms with van der Waals surface area (Å²) >= 11 is 0. The summed E-state index contributed by atoms with van der Waals surface area (Å²) in [6, 6.07) is 5.86. The molecule has 6 nitrogen and oxygen atoms in total. The molecular formula is C19H26N2O4. The third-order valence-electron chi connectivity index (χ3n) is 4.27. The Morgan fingerprint density at radius 3 is 3.12 bits per heavy atom. The molecule has 2 heterocycles. The number of H-pyrrole nitrogens is 1. The van der Waals surface area contributed by atoms with Gasteiger partial charge in [0.1, 0.15) is 5.75 Å². The summed E-state index contributed by atoms with van der Waals surface area (Å²) in [5.41, 5.74) is 1.92. The summed E-state index contributed by atoms with van der Waals surface area (Å²) < 4.78 is 16.8. The molecule has 0 spiro atoms. The van der Waals surface area contributed by atoms with E-state index < -0.39 is 0 Å².